The first kappa shape index (κ1) is 32.6. The van der Waals surface area contributed by atoms with Gasteiger partial charge in [0.25, 0.3) is 0 Å². The number of alkyl halides is 3. The summed E-state index contributed by atoms with van der Waals surface area (Å²) in [7, 11) is 0. The summed E-state index contributed by atoms with van der Waals surface area (Å²) in [5, 5.41) is 3.02. The number of aromatic nitrogens is 2. The topological polar surface area (TPSA) is 9.86 Å². The van der Waals surface area contributed by atoms with Crippen LogP contribution in [-0.4, -0.2) is 9.13 Å². The van der Waals surface area contributed by atoms with Crippen molar-refractivity contribution in [2.45, 2.75) is 33.9 Å². The number of hydrogen-bond acceptors (Lipinski definition) is 0. The lowest BCUT2D eigenvalue weighted by molar-refractivity contribution is -0.137. The first-order chi connectivity index (χ1) is 24.1. The summed E-state index contributed by atoms with van der Waals surface area (Å²) in [6.07, 6.45) is -5.29. The molecule has 8 rings (SSSR count). The highest BCUT2D eigenvalue weighted by molar-refractivity contribution is 6.12. The largest absolute Gasteiger partial charge is 0.417 e. The first-order valence-electron chi connectivity index (χ1n) is 16.0. The molecule has 0 atom stereocenters. The molecule has 51 heavy (non-hydrogen) atoms. The molecular formula is C41H26F8N2. The van der Waals surface area contributed by atoms with E-state index in [1.165, 1.54) is 0 Å². The molecule has 256 valence electrons. The van der Waals surface area contributed by atoms with Gasteiger partial charge in [-0.05, 0) is 88.4 Å². The van der Waals surface area contributed by atoms with Crippen LogP contribution in [0.1, 0.15) is 27.8 Å². The van der Waals surface area contributed by atoms with Crippen LogP contribution in [0.25, 0.3) is 66.1 Å². The number of aryl methyl sites for hydroxylation is 4. The average Bonchev–Trinajstić information content (AvgIpc) is 3.56. The minimum Gasteiger partial charge on any atom is -0.307 e. The van der Waals surface area contributed by atoms with E-state index < -0.39 is 52.0 Å². The fourth-order valence-corrected chi connectivity index (χ4v) is 7.24. The summed E-state index contributed by atoms with van der Waals surface area (Å²) >= 11 is 0. The number of halogens is 8. The van der Waals surface area contributed by atoms with E-state index >= 15 is 22.0 Å². The fraction of sp³-hybridized carbons (Fsp3) is 0.122. The molecule has 0 spiro atoms. The highest BCUT2D eigenvalue weighted by atomic mass is 19.4. The maximum atomic E-state index is 15.5. The molecule has 0 aliphatic heterocycles. The van der Waals surface area contributed by atoms with Crippen molar-refractivity contribution in [3.63, 3.8) is 0 Å². The molecular weight excluding hydrogens is 672 g/mol. The Kier molecular flexibility index (Phi) is 7.14. The molecule has 0 radical (unpaired) electrons. The second-order valence-electron chi connectivity index (χ2n) is 13.1. The Morgan fingerprint density at radius 1 is 0.412 bits per heavy atom. The van der Waals surface area contributed by atoms with Crippen LogP contribution in [0.5, 0.6) is 0 Å². The van der Waals surface area contributed by atoms with E-state index in [0.29, 0.717) is 22.1 Å². The quantitative estimate of drug-likeness (QED) is 0.0988. The molecule has 0 aliphatic carbocycles. The minimum absolute atomic E-state index is 0.0228. The predicted molar refractivity (Wildman–Crippen MR) is 184 cm³/mol. The fourth-order valence-electron chi connectivity index (χ4n) is 7.24. The van der Waals surface area contributed by atoms with Gasteiger partial charge < -0.3 is 9.13 Å². The summed E-state index contributed by atoms with van der Waals surface area (Å²) in [5.41, 5.74) is 1.39. The van der Waals surface area contributed by atoms with Crippen molar-refractivity contribution >= 4 is 43.6 Å². The van der Waals surface area contributed by atoms with Crippen LogP contribution in [-0.2, 0) is 6.18 Å². The third kappa shape index (κ3) is 4.83. The summed E-state index contributed by atoms with van der Waals surface area (Å²) in [6, 6.07) is 23.8. The molecule has 0 bridgehead atoms. The second kappa shape index (κ2) is 11.2. The molecule has 2 heterocycles. The summed E-state index contributed by atoms with van der Waals surface area (Å²) in [4.78, 5) is 0. The van der Waals surface area contributed by atoms with Gasteiger partial charge in [0.1, 0.15) is 0 Å². The molecule has 0 saturated heterocycles. The zero-order valence-electron chi connectivity index (χ0n) is 27.5. The number of hydrogen-bond donors (Lipinski definition) is 0. The average molecular weight is 699 g/mol. The molecule has 0 unspecified atom stereocenters. The van der Waals surface area contributed by atoms with Gasteiger partial charge in [0.15, 0.2) is 23.3 Å². The lowest BCUT2D eigenvalue weighted by Crippen LogP contribution is -2.14. The van der Waals surface area contributed by atoms with Crippen LogP contribution < -0.4 is 0 Å². The maximum absolute atomic E-state index is 15.5. The maximum Gasteiger partial charge on any atom is 0.417 e. The monoisotopic (exact) mass is 698 g/mol. The van der Waals surface area contributed by atoms with E-state index in [9.17, 15) is 13.2 Å². The van der Waals surface area contributed by atoms with Gasteiger partial charge in [-0.3, -0.25) is 0 Å². The Bertz CT molecular complexity index is 2640. The van der Waals surface area contributed by atoms with E-state index in [2.05, 4.69) is 0 Å². The lowest BCUT2D eigenvalue weighted by atomic mass is 9.95. The van der Waals surface area contributed by atoms with E-state index in [0.717, 1.165) is 55.9 Å². The Morgan fingerprint density at radius 3 is 1.06 bits per heavy atom. The number of fused-ring (bicyclic) bond motifs is 6. The lowest BCUT2D eigenvalue weighted by Gasteiger charge is -2.22. The van der Waals surface area contributed by atoms with Gasteiger partial charge >= 0.3 is 6.18 Å². The highest BCUT2D eigenvalue weighted by Crippen LogP contribution is 2.46. The summed E-state index contributed by atoms with van der Waals surface area (Å²) < 4.78 is 123. The van der Waals surface area contributed by atoms with Crippen molar-refractivity contribution in [2.24, 2.45) is 0 Å². The molecule has 6 aromatic carbocycles. The van der Waals surface area contributed by atoms with Crippen LogP contribution in [0, 0.1) is 56.8 Å². The Morgan fingerprint density at radius 2 is 0.725 bits per heavy atom. The van der Waals surface area contributed by atoms with Gasteiger partial charge in [-0.2, -0.15) is 13.2 Å². The minimum atomic E-state index is -5.29. The number of nitrogens with zero attached hydrogens (tertiary/aromatic N) is 2. The highest BCUT2D eigenvalue weighted by Gasteiger charge is 2.39. The van der Waals surface area contributed by atoms with Crippen LogP contribution in [0.15, 0.2) is 84.9 Å². The van der Waals surface area contributed by atoms with E-state index in [4.69, 9.17) is 0 Å². The van der Waals surface area contributed by atoms with Crippen LogP contribution in [0.3, 0.4) is 0 Å². The number of benzene rings is 6. The van der Waals surface area contributed by atoms with Gasteiger partial charge in [-0.1, -0.05) is 46.5 Å². The Hall–Kier alpha value is -5.64. The zero-order chi connectivity index (χ0) is 36.3. The smallest absolute Gasteiger partial charge is 0.307 e. The van der Waals surface area contributed by atoms with Crippen molar-refractivity contribution in [3.05, 3.63) is 142 Å². The molecule has 2 nitrogen and oxygen atoms in total. The van der Waals surface area contributed by atoms with Crippen molar-refractivity contribution in [1.82, 2.24) is 9.13 Å². The summed E-state index contributed by atoms with van der Waals surface area (Å²) in [5.74, 6) is -11.9. The standard InChI is InChI=1S/C41H26F8N2/c1-19-5-9-29-23(13-19)24-14-20(2)6-10-30(24)50(29)33-17-27(35-36(42)38(44)40(46)39(45)37(35)43)28(41(47,48)49)18-34(33)51-31-11-7-21(3)15-25(31)26-16-22(4)8-12-32(26)51/h5-18H,1-4H3. The van der Waals surface area contributed by atoms with E-state index in [1.807, 2.05) is 76.2 Å². The van der Waals surface area contributed by atoms with Crippen molar-refractivity contribution in [1.29, 1.82) is 0 Å². The molecule has 8 aromatic rings. The Balaban J connectivity index is 1.64. The van der Waals surface area contributed by atoms with E-state index in [-0.39, 0.29) is 11.4 Å². The van der Waals surface area contributed by atoms with Crippen molar-refractivity contribution in [2.75, 3.05) is 0 Å². The predicted octanol–water partition coefficient (Wildman–Crippen LogP) is 12.5. The summed E-state index contributed by atoms with van der Waals surface area (Å²) in [6.45, 7) is 7.58. The van der Waals surface area contributed by atoms with Crippen LogP contribution >= 0.6 is 0 Å². The molecule has 0 fully saturated rings. The van der Waals surface area contributed by atoms with Crippen molar-refractivity contribution < 1.29 is 35.1 Å². The molecule has 0 amide bonds. The molecule has 0 saturated carbocycles. The van der Waals surface area contributed by atoms with E-state index in [1.54, 1.807) is 33.4 Å². The number of rotatable bonds is 3. The third-order valence-corrected chi connectivity index (χ3v) is 9.53. The second-order valence-corrected chi connectivity index (χ2v) is 13.1. The molecule has 10 heteroatoms. The van der Waals surface area contributed by atoms with Gasteiger partial charge in [-0.15, -0.1) is 0 Å². The third-order valence-electron chi connectivity index (χ3n) is 9.53. The normalized spacial score (nSPS) is 12.3. The van der Waals surface area contributed by atoms with Gasteiger partial charge in [0.05, 0.1) is 44.6 Å². The van der Waals surface area contributed by atoms with Gasteiger partial charge in [0.2, 0.25) is 5.82 Å². The molecule has 0 N–H and O–H groups in total. The molecule has 0 aliphatic rings. The molecule has 2 aromatic heterocycles. The SMILES string of the molecule is Cc1ccc2c(c1)c1cc(C)ccc1n2-c1cc(-c2c(F)c(F)c(F)c(F)c2F)c(C(F)(F)F)cc1-n1c2ccc(C)cc2c2cc(C)ccc21. The zero-order valence-corrected chi connectivity index (χ0v) is 27.5. The first-order valence-corrected chi connectivity index (χ1v) is 16.0. The van der Waals surface area contributed by atoms with Gasteiger partial charge in [0, 0.05) is 27.1 Å². The van der Waals surface area contributed by atoms with Crippen LogP contribution in [0.4, 0.5) is 35.1 Å². The van der Waals surface area contributed by atoms with Crippen molar-refractivity contribution in [3.8, 4) is 22.5 Å². The Labute approximate surface area is 285 Å². The van der Waals surface area contributed by atoms with Crippen LogP contribution in [0.2, 0.25) is 0 Å². The van der Waals surface area contributed by atoms with Gasteiger partial charge in [-0.25, -0.2) is 22.0 Å².